The highest BCUT2D eigenvalue weighted by Gasteiger charge is 2.16. The third kappa shape index (κ3) is 3.63. The Morgan fingerprint density at radius 3 is 2.50 bits per heavy atom. The number of methoxy groups -OCH3 is 1. The third-order valence-electron chi connectivity index (χ3n) is 2.68. The average molecular weight is 251 g/mol. The van der Waals surface area contributed by atoms with Gasteiger partial charge in [0.15, 0.2) is 0 Å². The summed E-state index contributed by atoms with van der Waals surface area (Å²) in [6.07, 6.45) is 0. The largest absolute Gasteiger partial charge is 0.496 e. The molecule has 1 aromatic carbocycles. The van der Waals surface area contributed by atoms with Crippen molar-refractivity contribution in [3.8, 4) is 5.75 Å². The molecule has 0 aliphatic carbocycles. The Kier molecular flexibility index (Phi) is 4.97. The number of nitrogens with zero attached hydrogens (tertiary/aromatic N) is 2. The summed E-state index contributed by atoms with van der Waals surface area (Å²) in [5.41, 5.74) is 6.76. The molecular formula is C13H21N3O2. The van der Waals surface area contributed by atoms with E-state index in [1.165, 1.54) is 0 Å². The minimum atomic E-state index is -0.0824. The van der Waals surface area contributed by atoms with E-state index in [1.54, 1.807) is 37.3 Å². The van der Waals surface area contributed by atoms with Crippen LogP contribution in [0.25, 0.3) is 0 Å². The minimum absolute atomic E-state index is 0.0824. The van der Waals surface area contributed by atoms with Crippen LogP contribution in [0.5, 0.6) is 5.75 Å². The van der Waals surface area contributed by atoms with Crippen molar-refractivity contribution in [3.05, 3.63) is 23.8 Å². The number of nitrogen functional groups attached to an aromatic ring is 1. The van der Waals surface area contributed by atoms with Crippen LogP contribution < -0.4 is 10.5 Å². The lowest BCUT2D eigenvalue weighted by Gasteiger charge is -2.20. The van der Waals surface area contributed by atoms with Gasteiger partial charge in [-0.2, -0.15) is 0 Å². The van der Waals surface area contributed by atoms with Crippen molar-refractivity contribution in [2.75, 3.05) is 47.1 Å². The summed E-state index contributed by atoms with van der Waals surface area (Å²) in [6.45, 7) is 1.47. The first-order chi connectivity index (χ1) is 8.45. The fourth-order valence-electron chi connectivity index (χ4n) is 1.55. The Morgan fingerprint density at radius 2 is 1.94 bits per heavy atom. The van der Waals surface area contributed by atoms with Crippen LogP contribution in [-0.4, -0.2) is 57.0 Å². The van der Waals surface area contributed by atoms with E-state index in [1.807, 2.05) is 19.0 Å². The highest BCUT2D eigenvalue weighted by atomic mass is 16.5. The summed E-state index contributed by atoms with van der Waals surface area (Å²) < 4.78 is 5.18. The number of hydrogen-bond donors (Lipinski definition) is 1. The van der Waals surface area contributed by atoms with Crippen LogP contribution in [0, 0.1) is 0 Å². The molecule has 0 saturated carbocycles. The Bertz CT molecular complexity index is 419. The molecule has 1 amide bonds. The van der Waals surface area contributed by atoms with E-state index < -0.39 is 0 Å². The van der Waals surface area contributed by atoms with Gasteiger partial charge in [-0.05, 0) is 32.3 Å². The monoisotopic (exact) mass is 251 g/mol. The van der Waals surface area contributed by atoms with Gasteiger partial charge < -0.3 is 20.3 Å². The summed E-state index contributed by atoms with van der Waals surface area (Å²) >= 11 is 0. The van der Waals surface area contributed by atoms with Gasteiger partial charge in [-0.1, -0.05) is 0 Å². The van der Waals surface area contributed by atoms with Gasteiger partial charge in [-0.3, -0.25) is 4.79 Å². The molecule has 1 rings (SSSR count). The normalized spacial score (nSPS) is 10.5. The van der Waals surface area contributed by atoms with Crippen molar-refractivity contribution < 1.29 is 9.53 Å². The molecule has 2 N–H and O–H groups in total. The molecular weight excluding hydrogens is 230 g/mol. The molecule has 0 saturated heterocycles. The summed E-state index contributed by atoms with van der Waals surface area (Å²) in [6, 6.07) is 5.07. The first kappa shape index (κ1) is 14.3. The minimum Gasteiger partial charge on any atom is -0.496 e. The molecule has 0 bridgehead atoms. The predicted molar refractivity (Wildman–Crippen MR) is 72.9 cm³/mol. The second-order valence-electron chi connectivity index (χ2n) is 4.49. The fraction of sp³-hybridized carbons (Fsp3) is 0.462. The van der Waals surface area contributed by atoms with Crippen molar-refractivity contribution in [1.82, 2.24) is 9.80 Å². The van der Waals surface area contributed by atoms with Crippen LogP contribution >= 0.6 is 0 Å². The zero-order valence-electron chi connectivity index (χ0n) is 11.4. The van der Waals surface area contributed by atoms with Gasteiger partial charge in [0.25, 0.3) is 5.91 Å². The molecule has 5 heteroatoms. The Labute approximate surface area is 108 Å². The van der Waals surface area contributed by atoms with E-state index in [4.69, 9.17) is 10.5 Å². The van der Waals surface area contributed by atoms with Gasteiger partial charge in [0, 0.05) is 25.8 Å². The zero-order valence-corrected chi connectivity index (χ0v) is 11.4. The summed E-state index contributed by atoms with van der Waals surface area (Å²) in [5, 5.41) is 0. The Balaban J connectivity index is 2.85. The number of amides is 1. The van der Waals surface area contributed by atoms with Crippen molar-refractivity contribution in [2.45, 2.75) is 0 Å². The SMILES string of the molecule is COc1ccc(N)cc1C(=O)N(C)CCN(C)C. The number of ether oxygens (including phenoxy) is 1. The van der Waals surface area contributed by atoms with Gasteiger partial charge in [0.1, 0.15) is 5.75 Å². The number of benzene rings is 1. The molecule has 0 unspecified atom stereocenters. The number of nitrogens with two attached hydrogens (primary N) is 1. The molecule has 0 aliphatic heterocycles. The molecule has 100 valence electrons. The van der Waals surface area contributed by atoms with Crippen molar-refractivity contribution in [1.29, 1.82) is 0 Å². The van der Waals surface area contributed by atoms with Crippen LogP contribution in [0.15, 0.2) is 18.2 Å². The molecule has 0 aliphatic rings. The van der Waals surface area contributed by atoms with Gasteiger partial charge in [-0.25, -0.2) is 0 Å². The number of anilines is 1. The topological polar surface area (TPSA) is 58.8 Å². The summed E-state index contributed by atoms with van der Waals surface area (Å²) in [5.74, 6) is 0.465. The highest BCUT2D eigenvalue weighted by Crippen LogP contribution is 2.22. The molecule has 1 aromatic rings. The van der Waals surface area contributed by atoms with Crippen molar-refractivity contribution >= 4 is 11.6 Å². The van der Waals surface area contributed by atoms with E-state index >= 15 is 0 Å². The quantitative estimate of drug-likeness (QED) is 0.790. The van der Waals surface area contributed by atoms with Crippen LogP contribution in [-0.2, 0) is 0 Å². The third-order valence-corrected chi connectivity index (χ3v) is 2.68. The predicted octanol–water partition coefficient (Wildman–Crippen LogP) is 0.911. The van der Waals surface area contributed by atoms with E-state index in [-0.39, 0.29) is 5.91 Å². The zero-order chi connectivity index (χ0) is 13.7. The lowest BCUT2D eigenvalue weighted by Crippen LogP contribution is -2.33. The van der Waals surface area contributed by atoms with Crippen LogP contribution in [0.2, 0.25) is 0 Å². The van der Waals surface area contributed by atoms with Crippen LogP contribution in [0.3, 0.4) is 0 Å². The first-order valence-corrected chi connectivity index (χ1v) is 5.79. The van der Waals surface area contributed by atoms with Gasteiger partial charge >= 0.3 is 0 Å². The van der Waals surface area contributed by atoms with Crippen LogP contribution in [0.1, 0.15) is 10.4 Å². The lowest BCUT2D eigenvalue weighted by molar-refractivity contribution is 0.0783. The molecule has 5 nitrogen and oxygen atoms in total. The van der Waals surface area contributed by atoms with Crippen LogP contribution in [0.4, 0.5) is 5.69 Å². The van der Waals surface area contributed by atoms with E-state index in [2.05, 4.69) is 0 Å². The van der Waals surface area contributed by atoms with Gasteiger partial charge in [-0.15, -0.1) is 0 Å². The molecule has 0 radical (unpaired) electrons. The summed E-state index contributed by atoms with van der Waals surface area (Å²) in [7, 11) is 7.26. The maximum absolute atomic E-state index is 12.3. The Morgan fingerprint density at radius 1 is 1.28 bits per heavy atom. The van der Waals surface area contributed by atoms with E-state index in [0.29, 0.717) is 23.5 Å². The Hall–Kier alpha value is -1.75. The van der Waals surface area contributed by atoms with E-state index in [0.717, 1.165) is 6.54 Å². The second-order valence-corrected chi connectivity index (χ2v) is 4.49. The van der Waals surface area contributed by atoms with Gasteiger partial charge in [0.05, 0.1) is 12.7 Å². The van der Waals surface area contributed by atoms with Gasteiger partial charge in [0.2, 0.25) is 0 Å². The second kappa shape index (κ2) is 6.26. The number of hydrogen-bond acceptors (Lipinski definition) is 4. The number of rotatable bonds is 5. The molecule has 0 atom stereocenters. The standard InChI is InChI=1S/C13H21N3O2/c1-15(2)7-8-16(3)13(17)11-9-10(14)5-6-12(11)18-4/h5-6,9H,7-8,14H2,1-4H3. The van der Waals surface area contributed by atoms with Crippen molar-refractivity contribution in [3.63, 3.8) is 0 Å². The van der Waals surface area contributed by atoms with Crippen molar-refractivity contribution in [2.24, 2.45) is 0 Å². The first-order valence-electron chi connectivity index (χ1n) is 5.79. The number of carbonyl (C=O) groups excluding carboxylic acids is 1. The number of carbonyl (C=O) groups is 1. The summed E-state index contributed by atoms with van der Waals surface area (Å²) in [4.78, 5) is 16.0. The van der Waals surface area contributed by atoms with E-state index in [9.17, 15) is 4.79 Å². The molecule has 0 spiro atoms. The maximum Gasteiger partial charge on any atom is 0.257 e. The lowest BCUT2D eigenvalue weighted by atomic mass is 10.1. The average Bonchev–Trinajstić information content (AvgIpc) is 2.34. The smallest absolute Gasteiger partial charge is 0.257 e. The number of likely N-dealkylation sites (N-methyl/N-ethyl adjacent to an activating group) is 2. The molecule has 0 heterocycles. The maximum atomic E-state index is 12.3. The molecule has 0 aromatic heterocycles. The molecule has 18 heavy (non-hydrogen) atoms. The fourth-order valence-corrected chi connectivity index (χ4v) is 1.55. The highest BCUT2D eigenvalue weighted by molar-refractivity contribution is 5.97. The molecule has 0 fully saturated rings.